The summed E-state index contributed by atoms with van der Waals surface area (Å²) in [6, 6.07) is 2.41. The molecule has 1 aromatic rings. The van der Waals surface area contributed by atoms with E-state index in [2.05, 4.69) is 0 Å². The summed E-state index contributed by atoms with van der Waals surface area (Å²) in [6.07, 6.45) is -0.479. The Morgan fingerprint density at radius 3 is 2.55 bits per heavy atom. The van der Waals surface area contributed by atoms with Gasteiger partial charge in [-0.15, -0.1) is 11.8 Å². The number of rotatable bonds is 3. The predicted molar refractivity (Wildman–Crippen MR) is 70.3 cm³/mol. The summed E-state index contributed by atoms with van der Waals surface area (Å²) in [5.41, 5.74) is -0.328. The molecular weight excluding hydrogens is 288 g/mol. The SMILES string of the molecule is CC1SCC(C(=O)O)N1C(=O)Cc1c(F)cccc1F. The molecule has 20 heavy (non-hydrogen) atoms. The first-order chi connectivity index (χ1) is 9.41. The molecule has 1 aromatic carbocycles. The number of halogens is 2. The van der Waals surface area contributed by atoms with Gasteiger partial charge in [0, 0.05) is 11.3 Å². The van der Waals surface area contributed by atoms with Crippen LogP contribution in [0.2, 0.25) is 0 Å². The third-order valence-corrected chi connectivity index (χ3v) is 4.40. The molecule has 1 N–H and O–H groups in total. The highest BCUT2D eigenvalue weighted by atomic mass is 32.2. The van der Waals surface area contributed by atoms with Gasteiger partial charge < -0.3 is 10.0 Å². The molecule has 0 spiro atoms. The first kappa shape index (κ1) is 14.8. The summed E-state index contributed by atoms with van der Waals surface area (Å²) in [5, 5.41) is 8.75. The number of carbonyl (C=O) groups excluding carboxylic acids is 1. The second-order valence-electron chi connectivity index (χ2n) is 4.46. The van der Waals surface area contributed by atoms with Crippen LogP contribution in [0.25, 0.3) is 0 Å². The normalized spacial score (nSPS) is 22.1. The van der Waals surface area contributed by atoms with Crippen molar-refractivity contribution in [3.63, 3.8) is 0 Å². The average molecular weight is 301 g/mol. The largest absolute Gasteiger partial charge is 0.480 e. The topological polar surface area (TPSA) is 57.6 Å². The Labute approximate surface area is 118 Å². The zero-order valence-electron chi connectivity index (χ0n) is 10.7. The third-order valence-electron chi connectivity index (χ3n) is 3.19. The van der Waals surface area contributed by atoms with Crippen molar-refractivity contribution < 1.29 is 23.5 Å². The van der Waals surface area contributed by atoms with Gasteiger partial charge in [-0.05, 0) is 19.1 Å². The van der Waals surface area contributed by atoms with Crippen LogP contribution >= 0.6 is 11.8 Å². The van der Waals surface area contributed by atoms with Gasteiger partial charge >= 0.3 is 5.97 Å². The van der Waals surface area contributed by atoms with Gasteiger partial charge in [0.25, 0.3) is 0 Å². The van der Waals surface area contributed by atoms with Gasteiger partial charge in [-0.25, -0.2) is 13.6 Å². The number of carbonyl (C=O) groups is 2. The summed E-state index contributed by atoms with van der Waals surface area (Å²) in [7, 11) is 0. The van der Waals surface area contributed by atoms with Gasteiger partial charge in [-0.1, -0.05) is 6.07 Å². The Morgan fingerprint density at radius 1 is 1.40 bits per heavy atom. The van der Waals surface area contributed by atoms with E-state index in [0.717, 1.165) is 12.1 Å². The van der Waals surface area contributed by atoms with E-state index in [1.165, 1.54) is 22.7 Å². The van der Waals surface area contributed by atoms with Crippen molar-refractivity contribution in [1.82, 2.24) is 4.90 Å². The molecule has 108 valence electrons. The maximum Gasteiger partial charge on any atom is 0.327 e. The van der Waals surface area contributed by atoms with Crippen LogP contribution in [0, 0.1) is 11.6 Å². The van der Waals surface area contributed by atoms with Gasteiger partial charge in [-0.3, -0.25) is 4.79 Å². The van der Waals surface area contributed by atoms with Crippen molar-refractivity contribution in [2.24, 2.45) is 0 Å². The Balaban J connectivity index is 2.21. The molecular formula is C13H13F2NO3S. The second-order valence-corrected chi connectivity index (χ2v) is 5.81. The first-order valence-electron chi connectivity index (χ1n) is 6.00. The minimum absolute atomic E-state index is 0.280. The lowest BCUT2D eigenvalue weighted by Gasteiger charge is -2.25. The highest BCUT2D eigenvalue weighted by molar-refractivity contribution is 8.00. The van der Waals surface area contributed by atoms with E-state index in [1.54, 1.807) is 6.92 Å². The lowest BCUT2D eigenvalue weighted by atomic mass is 10.1. The van der Waals surface area contributed by atoms with Crippen molar-refractivity contribution in [3.8, 4) is 0 Å². The molecule has 1 aliphatic heterocycles. The van der Waals surface area contributed by atoms with Crippen molar-refractivity contribution in [3.05, 3.63) is 35.4 Å². The van der Waals surface area contributed by atoms with E-state index in [4.69, 9.17) is 5.11 Å². The van der Waals surface area contributed by atoms with Crippen molar-refractivity contribution in [2.75, 3.05) is 5.75 Å². The van der Waals surface area contributed by atoms with E-state index < -0.39 is 36.0 Å². The molecule has 0 aliphatic carbocycles. The zero-order chi connectivity index (χ0) is 14.9. The summed E-state index contributed by atoms with van der Waals surface area (Å²) >= 11 is 1.33. The number of aliphatic carboxylic acids is 1. The zero-order valence-corrected chi connectivity index (χ0v) is 11.5. The van der Waals surface area contributed by atoms with Crippen LogP contribution in [0.15, 0.2) is 18.2 Å². The van der Waals surface area contributed by atoms with E-state index in [0.29, 0.717) is 0 Å². The van der Waals surface area contributed by atoms with E-state index >= 15 is 0 Å². The van der Waals surface area contributed by atoms with Crippen LogP contribution in [0.4, 0.5) is 8.78 Å². The van der Waals surface area contributed by atoms with E-state index in [1.807, 2.05) is 0 Å². The number of hydrogen-bond donors (Lipinski definition) is 1. The van der Waals surface area contributed by atoms with Gasteiger partial charge in [0.05, 0.1) is 11.8 Å². The van der Waals surface area contributed by atoms with Crippen LogP contribution < -0.4 is 0 Å². The lowest BCUT2D eigenvalue weighted by molar-refractivity contribution is -0.148. The number of carboxylic acid groups (broad SMARTS) is 1. The van der Waals surface area contributed by atoms with Crippen LogP contribution in [0.5, 0.6) is 0 Å². The Hall–Kier alpha value is -1.63. The summed E-state index contributed by atoms with van der Waals surface area (Å²) < 4.78 is 27.0. The number of hydrogen-bond acceptors (Lipinski definition) is 3. The summed E-state index contributed by atoms with van der Waals surface area (Å²) in [5.74, 6) is -3.01. The molecule has 1 aliphatic rings. The summed E-state index contributed by atoms with van der Waals surface area (Å²) in [6.45, 7) is 1.70. The first-order valence-corrected chi connectivity index (χ1v) is 7.05. The lowest BCUT2D eigenvalue weighted by Crippen LogP contribution is -2.45. The van der Waals surface area contributed by atoms with Gasteiger partial charge in [0.15, 0.2) is 0 Å². The monoisotopic (exact) mass is 301 g/mol. The third kappa shape index (κ3) is 2.77. The van der Waals surface area contributed by atoms with Crippen molar-refractivity contribution in [2.45, 2.75) is 24.8 Å². The van der Waals surface area contributed by atoms with Crippen LogP contribution in [0.1, 0.15) is 12.5 Å². The number of carboxylic acids is 1. The molecule has 2 atom stereocenters. The van der Waals surface area contributed by atoms with Gasteiger partial charge in [0.2, 0.25) is 5.91 Å². The van der Waals surface area contributed by atoms with Crippen molar-refractivity contribution in [1.29, 1.82) is 0 Å². The molecule has 0 radical (unpaired) electrons. The summed E-state index contributed by atoms with van der Waals surface area (Å²) in [4.78, 5) is 24.4. The Kier molecular flexibility index (Phi) is 4.27. The average Bonchev–Trinajstić information content (AvgIpc) is 2.76. The predicted octanol–water partition coefficient (Wildman–Crippen LogP) is 1.88. The maximum absolute atomic E-state index is 13.5. The fourth-order valence-electron chi connectivity index (χ4n) is 2.16. The number of benzene rings is 1. The molecule has 1 fully saturated rings. The molecule has 0 aromatic heterocycles. The van der Waals surface area contributed by atoms with Crippen LogP contribution in [-0.4, -0.2) is 39.1 Å². The van der Waals surface area contributed by atoms with E-state index in [9.17, 15) is 18.4 Å². The quantitative estimate of drug-likeness (QED) is 0.926. The highest BCUT2D eigenvalue weighted by Crippen LogP contribution is 2.29. The van der Waals surface area contributed by atoms with Gasteiger partial charge in [0.1, 0.15) is 17.7 Å². The fraction of sp³-hybridized carbons (Fsp3) is 0.385. The Morgan fingerprint density at radius 2 is 2.00 bits per heavy atom. The molecule has 0 bridgehead atoms. The number of nitrogens with zero attached hydrogens (tertiary/aromatic N) is 1. The maximum atomic E-state index is 13.5. The molecule has 4 nitrogen and oxygen atoms in total. The number of thioether (sulfide) groups is 1. The highest BCUT2D eigenvalue weighted by Gasteiger charge is 2.39. The molecule has 2 rings (SSSR count). The second kappa shape index (κ2) is 5.78. The van der Waals surface area contributed by atoms with E-state index in [-0.39, 0.29) is 16.7 Å². The molecule has 0 saturated carbocycles. The number of amides is 1. The molecule has 2 unspecified atom stereocenters. The smallest absolute Gasteiger partial charge is 0.327 e. The Bertz CT molecular complexity index is 532. The van der Waals surface area contributed by atoms with Gasteiger partial charge in [-0.2, -0.15) is 0 Å². The minimum atomic E-state index is -1.11. The van der Waals surface area contributed by atoms with Crippen LogP contribution in [0.3, 0.4) is 0 Å². The standard InChI is InChI=1S/C13H13F2NO3S/c1-7-16(11(6-20-7)13(18)19)12(17)5-8-9(14)3-2-4-10(8)15/h2-4,7,11H,5-6H2,1H3,(H,18,19). The minimum Gasteiger partial charge on any atom is -0.480 e. The van der Waals surface area contributed by atoms with Crippen LogP contribution in [-0.2, 0) is 16.0 Å². The fourth-order valence-corrected chi connectivity index (χ4v) is 3.34. The van der Waals surface area contributed by atoms with Crippen molar-refractivity contribution >= 4 is 23.6 Å². The molecule has 1 saturated heterocycles. The molecule has 7 heteroatoms. The molecule has 1 amide bonds. The molecule has 1 heterocycles.